The van der Waals surface area contributed by atoms with Crippen molar-refractivity contribution < 1.29 is 27.0 Å². The molecule has 9 heteroatoms. The molecule has 3 aromatic carbocycles. The van der Waals surface area contributed by atoms with Gasteiger partial charge in [0.15, 0.2) is 0 Å². The monoisotopic (exact) mass is 487 g/mol. The zero-order valence-corrected chi connectivity index (χ0v) is 19.2. The Kier molecular flexibility index (Phi) is 6.28. The van der Waals surface area contributed by atoms with E-state index >= 15 is 0 Å². The van der Waals surface area contributed by atoms with E-state index in [1.807, 2.05) is 0 Å². The van der Waals surface area contributed by atoms with E-state index in [4.69, 9.17) is 0 Å². The first kappa shape index (κ1) is 24.0. The molecule has 2 N–H and O–H groups in total. The largest absolute Gasteiger partial charge is 0.768 e. The standard InChI is InChI=1S/C25H23F3N2O3S/c1-24(2,31)22-15-30(23(29-22)20-8-3-4-9-21(20)25(26,27)28)18-12-10-16(11-13-18)17-6-5-7-19(14-17)34(32)33/h3-15,23,29,31H,1-2H3,(H,32,33)/p-1. The summed E-state index contributed by atoms with van der Waals surface area (Å²) >= 11 is -2.36. The van der Waals surface area contributed by atoms with Crippen LogP contribution < -0.4 is 10.2 Å². The number of aliphatic hydroxyl groups is 1. The fourth-order valence-corrected chi connectivity index (χ4v) is 4.27. The first-order chi connectivity index (χ1) is 15.9. The van der Waals surface area contributed by atoms with Crippen LogP contribution in [0.5, 0.6) is 0 Å². The Morgan fingerprint density at radius 2 is 1.65 bits per heavy atom. The van der Waals surface area contributed by atoms with E-state index in [2.05, 4.69) is 5.32 Å². The van der Waals surface area contributed by atoms with Gasteiger partial charge in [0, 0.05) is 22.3 Å². The van der Waals surface area contributed by atoms with E-state index in [9.17, 15) is 27.0 Å². The fourth-order valence-electron chi connectivity index (χ4n) is 3.85. The molecule has 0 amide bonds. The second kappa shape index (κ2) is 8.90. The normalized spacial score (nSPS) is 17.3. The first-order valence-corrected chi connectivity index (χ1v) is 11.5. The van der Waals surface area contributed by atoms with E-state index in [0.29, 0.717) is 16.9 Å². The average Bonchev–Trinajstić information content (AvgIpc) is 3.25. The summed E-state index contributed by atoms with van der Waals surface area (Å²) < 4.78 is 63.8. The molecule has 1 aliphatic heterocycles. The summed E-state index contributed by atoms with van der Waals surface area (Å²) in [6.07, 6.45) is -3.83. The van der Waals surface area contributed by atoms with Gasteiger partial charge in [-0.3, -0.25) is 4.21 Å². The summed E-state index contributed by atoms with van der Waals surface area (Å²) in [4.78, 5) is 1.80. The van der Waals surface area contributed by atoms with Crippen molar-refractivity contribution in [2.24, 2.45) is 0 Å². The van der Waals surface area contributed by atoms with Gasteiger partial charge in [-0.1, -0.05) is 42.5 Å². The van der Waals surface area contributed by atoms with Gasteiger partial charge in [0.05, 0.1) is 16.9 Å². The molecule has 0 saturated heterocycles. The molecule has 4 rings (SSSR count). The van der Waals surface area contributed by atoms with Gasteiger partial charge in [-0.2, -0.15) is 13.2 Å². The second-order valence-corrected chi connectivity index (χ2v) is 9.39. The number of benzene rings is 3. The molecule has 5 nitrogen and oxygen atoms in total. The van der Waals surface area contributed by atoms with Crippen molar-refractivity contribution >= 4 is 16.8 Å². The van der Waals surface area contributed by atoms with Crippen LogP contribution in [0.2, 0.25) is 0 Å². The Labute approximate surface area is 197 Å². The number of hydrogen-bond acceptors (Lipinski definition) is 5. The number of halogens is 3. The molecule has 0 aromatic heterocycles. The fraction of sp³-hybridized carbons (Fsp3) is 0.200. The predicted molar refractivity (Wildman–Crippen MR) is 123 cm³/mol. The third kappa shape index (κ3) is 4.86. The van der Waals surface area contributed by atoms with Crippen molar-refractivity contribution in [3.8, 4) is 11.1 Å². The highest BCUT2D eigenvalue weighted by atomic mass is 32.2. The molecule has 0 spiro atoms. The number of anilines is 1. The van der Waals surface area contributed by atoms with E-state index in [1.165, 1.54) is 18.2 Å². The molecule has 1 heterocycles. The third-order valence-corrected chi connectivity index (χ3v) is 6.22. The van der Waals surface area contributed by atoms with Crippen molar-refractivity contribution in [2.75, 3.05) is 4.90 Å². The van der Waals surface area contributed by atoms with Crippen molar-refractivity contribution in [2.45, 2.75) is 36.7 Å². The lowest BCUT2D eigenvalue weighted by atomic mass is 10.0. The van der Waals surface area contributed by atoms with Crippen molar-refractivity contribution in [1.29, 1.82) is 0 Å². The molecule has 0 saturated carbocycles. The van der Waals surface area contributed by atoms with Gasteiger partial charge < -0.3 is 19.9 Å². The van der Waals surface area contributed by atoms with Gasteiger partial charge in [0.1, 0.15) is 6.17 Å². The highest BCUT2D eigenvalue weighted by molar-refractivity contribution is 7.79. The Morgan fingerprint density at radius 1 is 0.971 bits per heavy atom. The molecule has 34 heavy (non-hydrogen) atoms. The smallest absolute Gasteiger partial charge is 0.416 e. The van der Waals surface area contributed by atoms with Gasteiger partial charge in [0.25, 0.3) is 0 Å². The minimum Gasteiger partial charge on any atom is -0.768 e. The zero-order valence-electron chi connectivity index (χ0n) is 18.3. The Balaban J connectivity index is 1.74. The average molecular weight is 488 g/mol. The van der Waals surface area contributed by atoms with Crippen LogP contribution in [0, 0.1) is 0 Å². The second-order valence-electron chi connectivity index (χ2n) is 8.45. The quantitative estimate of drug-likeness (QED) is 0.476. The highest BCUT2D eigenvalue weighted by Gasteiger charge is 2.39. The molecule has 178 valence electrons. The van der Waals surface area contributed by atoms with Crippen molar-refractivity contribution in [3.05, 3.63) is 95.8 Å². The van der Waals surface area contributed by atoms with E-state index in [-0.39, 0.29) is 10.5 Å². The van der Waals surface area contributed by atoms with E-state index in [0.717, 1.165) is 11.6 Å². The summed E-state index contributed by atoms with van der Waals surface area (Å²) in [7, 11) is 0. The maximum absolute atomic E-state index is 13.7. The van der Waals surface area contributed by atoms with E-state index in [1.54, 1.807) is 73.5 Å². The first-order valence-electron chi connectivity index (χ1n) is 10.4. The van der Waals surface area contributed by atoms with Crippen LogP contribution in [0.3, 0.4) is 0 Å². The van der Waals surface area contributed by atoms with Crippen LogP contribution >= 0.6 is 0 Å². The topological polar surface area (TPSA) is 75.6 Å². The highest BCUT2D eigenvalue weighted by Crippen LogP contribution is 2.40. The molecule has 3 aromatic rings. The minimum absolute atomic E-state index is 0.0280. The summed E-state index contributed by atoms with van der Waals surface area (Å²) in [5.41, 5.74) is 0.392. The van der Waals surface area contributed by atoms with Gasteiger partial charge in [-0.25, -0.2) is 0 Å². The Hall–Kier alpha value is -3.14. The lowest BCUT2D eigenvalue weighted by Crippen LogP contribution is -2.34. The summed E-state index contributed by atoms with van der Waals surface area (Å²) in [6.45, 7) is 3.11. The Morgan fingerprint density at radius 3 is 2.26 bits per heavy atom. The summed E-state index contributed by atoms with van der Waals surface area (Å²) in [5, 5.41) is 13.6. The van der Waals surface area contributed by atoms with Crippen LogP contribution in [0.4, 0.5) is 18.9 Å². The zero-order chi connectivity index (χ0) is 24.7. The maximum atomic E-state index is 13.7. The molecule has 0 radical (unpaired) electrons. The lowest BCUT2D eigenvalue weighted by molar-refractivity contribution is -0.138. The maximum Gasteiger partial charge on any atom is 0.416 e. The number of nitrogens with zero attached hydrogens (tertiary/aromatic N) is 1. The number of alkyl halides is 3. The van der Waals surface area contributed by atoms with Crippen LogP contribution in [-0.2, 0) is 17.3 Å². The van der Waals surface area contributed by atoms with Gasteiger partial charge in [0.2, 0.25) is 0 Å². The minimum atomic E-state index is -4.54. The molecule has 1 aliphatic rings. The molecule has 2 unspecified atom stereocenters. The molecule has 0 fully saturated rings. The molecule has 0 aliphatic carbocycles. The van der Waals surface area contributed by atoms with Gasteiger partial charge in [-0.05, 0) is 66.4 Å². The molecule has 2 atom stereocenters. The van der Waals surface area contributed by atoms with Crippen molar-refractivity contribution in [3.63, 3.8) is 0 Å². The van der Waals surface area contributed by atoms with Crippen molar-refractivity contribution in [1.82, 2.24) is 5.32 Å². The summed E-state index contributed by atoms with van der Waals surface area (Å²) in [5.74, 6) is 0. The lowest BCUT2D eigenvalue weighted by Gasteiger charge is -2.29. The van der Waals surface area contributed by atoms with Gasteiger partial charge in [-0.15, -0.1) is 0 Å². The van der Waals surface area contributed by atoms with E-state index < -0.39 is 34.6 Å². The third-order valence-electron chi connectivity index (χ3n) is 5.58. The number of hydrogen-bond donors (Lipinski definition) is 2. The van der Waals surface area contributed by atoms with Crippen LogP contribution in [0.1, 0.15) is 31.1 Å². The van der Waals surface area contributed by atoms with Gasteiger partial charge >= 0.3 is 6.18 Å². The van der Waals surface area contributed by atoms with Crippen LogP contribution in [0.25, 0.3) is 11.1 Å². The SMILES string of the molecule is CC(C)(O)C1=CN(c2ccc(-c3cccc(S(=O)[O-])c3)cc2)C(c2ccccc2C(F)(F)F)N1. The molecular weight excluding hydrogens is 465 g/mol. The predicted octanol–water partition coefficient (Wildman–Crippen LogP) is 5.33. The van der Waals surface area contributed by atoms with Crippen LogP contribution in [0.15, 0.2) is 89.6 Å². The number of rotatable bonds is 5. The molecular formula is C25H22F3N2O3S-. The number of nitrogens with one attached hydrogen (secondary N) is 1. The molecule has 0 bridgehead atoms. The van der Waals surface area contributed by atoms with Crippen LogP contribution in [-0.4, -0.2) is 19.5 Å². The Bertz CT molecular complexity index is 1250. The summed E-state index contributed by atoms with van der Waals surface area (Å²) in [6, 6.07) is 18.8.